The Labute approximate surface area is 279 Å². The summed E-state index contributed by atoms with van der Waals surface area (Å²) in [5, 5.41) is 13.1. The third-order valence-corrected chi connectivity index (χ3v) is 10.2. The molecule has 0 aliphatic rings. The zero-order valence-electron chi connectivity index (χ0n) is 26.3. The van der Waals surface area contributed by atoms with Crippen molar-refractivity contribution < 1.29 is 0 Å². The lowest BCUT2D eigenvalue weighted by atomic mass is 9.87. The Morgan fingerprint density at radius 3 is 1.31 bits per heavy atom. The van der Waals surface area contributed by atoms with Gasteiger partial charge in [0.1, 0.15) is 0 Å². The first-order valence-electron chi connectivity index (χ1n) is 16.7. The molecule has 0 amide bonds. The molecule has 0 saturated heterocycles. The lowest BCUT2D eigenvalue weighted by molar-refractivity contribution is 1.57. The predicted molar refractivity (Wildman–Crippen MR) is 207 cm³/mol. The molecule has 10 aromatic carbocycles. The molecule has 0 aliphatic carbocycles. The third kappa shape index (κ3) is 4.24. The summed E-state index contributed by atoms with van der Waals surface area (Å²) in [5.41, 5.74) is 9.86. The Bertz CT molecular complexity index is 2700. The van der Waals surface area contributed by atoms with E-state index >= 15 is 0 Å². The van der Waals surface area contributed by atoms with Gasteiger partial charge in [-0.25, -0.2) is 0 Å². The molecule has 0 N–H and O–H groups in total. The molecule has 0 bridgehead atoms. The fourth-order valence-corrected chi connectivity index (χ4v) is 7.88. The lowest BCUT2D eigenvalue weighted by Crippen LogP contribution is -1.89. The third-order valence-electron chi connectivity index (χ3n) is 10.2. The van der Waals surface area contributed by atoms with Crippen LogP contribution in [0.5, 0.6) is 0 Å². The summed E-state index contributed by atoms with van der Waals surface area (Å²) in [6, 6.07) is 67.0. The monoisotopic (exact) mass is 606 g/mol. The van der Waals surface area contributed by atoms with Crippen molar-refractivity contribution in [3.8, 4) is 44.5 Å². The van der Waals surface area contributed by atoms with Gasteiger partial charge in [0.05, 0.1) is 0 Å². The number of benzene rings is 10. The molecular formula is C48H30. The van der Waals surface area contributed by atoms with E-state index in [1.807, 2.05) is 0 Å². The van der Waals surface area contributed by atoms with Crippen molar-refractivity contribution in [2.75, 3.05) is 0 Å². The van der Waals surface area contributed by atoms with E-state index < -0.39 is 0 Å². The van der Waals surface area contributed by atoms with Crippen LogP contribution in [-0.2, 0) is 0 Å². The van der Waals surface area contributed by atoms with Gasteiger partial charge in [0.15, 0.2) is 0 Å². The lowest BCUT2D eigenvalue weighted by Gasteiger charge is -2.17. The molecular weight excluding hydrogens is 577 g/mol. The molecule has 0 heteroatoms. The van der Waals surface area contributed by atoms with Gasteiger partial charge in [-0.3, -0.25) is 0 Å². The summed E-state index contributed by atoms with van der Waals surface area (Å²) < 4.78 is 0. The largest absolute Gasteiger partial charge is 0.0622 e. The normalized spacial score (nSPS) is 11.8. The standard InChI is InChI=1S/C48H30/c1-3-10-31(11-4-1)38-28-39(32-12-5-2-6-13-32)30-40(29-38)36-21-20-35-27-37(23-22-34(35)26-36)41-24-25-46-44-17-8-15-33-14-7-16-43(47(33)44)45-19-9-18-42(41)48(45)46/h1-30H. The summed E-state index contributed by atoms with van der Waals surface area (Å²) in [7, 11) is 0. The Morgan fingerprint density at radius 2 is 0.688 bits per heavy atom. The Hall–Kier alpha value is -6.24. The van der Waals surface area contributed by atoms with Gasteiger partial charge in [0.25, 0.3) is 0 Å². The molecule has 0 fully saturated rings. The fourth-order valence-electron chi connectivity index (χ4n) is 7.88. The van der Waals surface area contributed by atoms with Crippen molar-refractivity contribution >= 4 is 53.9 Å². The summed E-state index contributed by atoms with van der Waals surface area (Å²) in [6.07, 6.45) is 0. The molecule has 0 unspecified atom stereocenters. The van der Waals surface area contributed by atoms with Crippen LogP contribution in [0.4, 0.5) is 0 Å². The van der Waals surface area contributed by atoms with Gasteiger partial charge in [-0.15, -0.1) is 0 Å². The van der Waals surface area contributed by atoms with Crippen LogP contribution < -0.4 is 0 Å². The number of hydrogen-bond donors (Lipinski definition) is 0. The van der Waals surface area contributed by atoms with E-state index in [-0.39, 0.29) is 0 Å². The number of rotatable bonds is 4. The van der Waals surface area contributed by atoms with Crippen molar-refractivity contribution in [3.05, 3.63) is 182 Å². The predicted octanol–water partition coefficient (Wildman–Crippen LogP) is 13.6. The highest BCUT2D eigenvalue weighted by atomic mass is 14.2. The van der Waals surface area contributed by atoms with E-state index in [0.717, 1.165) is 0 Å². The topological polar surface area (TPSA) is 0 Å². The highest BCUT2D eigenvalue weighted by Crippen LogP contribution is 2.43. The maximum atomic E-state index is 2.36. The maximum Gasteiger partial charge on any atom is -0.00201 e. The van der Waals surface area contributed by atoms with Crippen molar-refractivity contribution in [2.45, 2.75) is 0 Å². The average molecular weight is 607 g/mol. The van der Waals surface area contributed by atoms with Gasteiger partial charge in [0.2, 0.25) is 0 Å². The number of hydrogen-bond acceptors (Lipinski definition) is 0. The van der Waals surface area contributed by atoms with Crippen molar-refractivity contribution in [1.29, 1.82) is 0 Å². The minimum atomic E-state index is 1.22. The van der Waals surface area contributed by atoms with E-state index in [1.165, 1.54) is 98.4 Å². The maximum absolute atomic E-state index is 2.36. The van der Waals surface area contributed by atoms with Crippen LogP contribution in [0.15, 0.2) is 182 Å². The van der Waals surface area contributed by atoms with E-state index in [1.54, 1.807) is 0 Å². The van der Waals surface area contributed by atoms with Crippen molar-refractivity contribution in [1.82, 2.24) is 0 Å². The summed E-state index contributed by atoms with van der Waals surface area (Å²) >= 11 is 0. The average Bonchev–Trinajstić information content (AvgIpc) is 3.17. The minimum absolute atomic E-state index is 1.22. The first kappa shape index (κ1) is 26.9. The summed E-state index contributed by atoms with van der Waals surface area (Å²) in [4.78, 5) is 0. The van der Waals surface area contributed by atoms with Gasteiger partial charge in [-0.05, 0) is 129 Å². The van der Waals surface area contributed by atoms with Crippen molar-refractivity contribution in [2.24, 2.45) is 0 Å². The molecule has 0 aromatic heterocycles. The second-order valence-corrected chi connectivity index (χ2v) is 12.9. The second-order valence-electron chi connectivity index (χ2n) is 12.9. The molecule has 222 valence electrons. The zero-order chi connectivity index (χ0) is 31.6. The number of fused-ring (bicyclic) bond motifs is 3. The molecule has 0 atom stereocenters. The minimum Gasteiger partial charge on any atom is -0.0622 e. The van der Waals surface area contributed by atoms with Crippen LogP contribution in [0.3, 0.4) is 0 Å². The highest BCUT2D eigenvalue weighted by molar-refractivity contribution is 6.34. The smallest absolute Gasteiger partial charge is 0.00201 e. The van der Waals surface area contributed by atoms with E-state index in [2.05, 4.69) is 182 Å². The molecule has 0 radical (unpaired) electrons. The van der Waals surface area contributed by atoms with Gasteiger partial charge in [-0.2, -0.15) is 0 Å². The van der Waals surface area contributed by atoms with E-state index in [9.17, 15) is 0 Å². The van der Waals surface area contributed by atoms with Gasteiger partial charge < -0.3 is 0 Å². The zero-order valence-corrected chi connectivity index (χ0v) is 26.3. The quantitative estimate of drug-likeness (QED) is 0.138. The molecule has 10 rings (SSSR count). The first-order chi connectivity index (χ1) is 23.8. The van der Waals surface area contributed by atoms with E-state index in [0.29, 0.717) is 0 Å². The molecule has 0 spiro atoms. The SMILES string of the molecule is c1ccc(-c2cc(-c3ccccc3)cc(-c3ccc4cc(-c5ccc6c7cccc8cccc(c9cccc5c96)c87)ccc4c3)c2)cc1. The first-order valence-corrected chi connectivity index (χ1v) is 16.7. The van der Waals surface area contributed by atoms with Crippen LogP contribution >= 0.6 is 0 Å². The summed E-state index contributed by atoms with van der Waals surface area (Å²) in [6.45, 7) is 0. The van der Waals surface area contributed by atoms with Crippen LogP contribution in [-0.4, -0.2) is 0 Å². The van der Waals surface area contributed by atoms with Gasteiger partial charge >= 0.3 is 0 Å². The van der Waals surface area contributed by atoms with E-state index in [4.69, 9.17) is 0 Å². The molecule has 48 heavy (non-hydrogen) atoms. The van der Waals surface area contributed by atoms with Crippen molar-refractivity contribution in [3.63, 3.8) is 0 Å². The Morgan fingerprint density at radius 1 is 0.208 bits per heavy atom. The van der Waals surface area contributed by atoms with Gasteiger partial charge in [0, 0.05) is 0 Å². The van der Waals surface area contributed by atoms with Crippen LogP contribution in [0.2, 0.25) is 0 Å². The molecule has 10 aromatic rings. The van der Waals surface area contributed by atoms with Crippen LogP contribution in [0.25, 0.3) is 98.4 Å². The van der Waals surface area contributed by atoms with Crippen LogP contribution in [0.1, 0.15) is 0 Å². The molecule has 0 saturated carbocycles. The molecule has 0 nitrogen and oxygen atoms in total. The van der Waals surface area contributed by atoms with Gasteiger partial charge in [-0.1, -0.05) is 152 Å². The Balaban J connectivity index is 1.11. The fraction of sp³-hybridized carbons (Fsp3) is 0. The Kier molecular flexibility index (Phi) is 5.98. The molecule has 0 aliphatic heterocycles. The molecule has 0 heterocycles. The highest BCUT2D eigenvalue weighted by Gasteiger charge is 2.15. The summed E-state index contributed by atoms with van der Waals surface area (Å²) in [5.74, 6) is 0. The van der Waals surface area contributed by atoms with Crippen LogP contribution in [0, 0.1) is 0 Å². The second kappa shape index (κ2) is 10.7.